The molecule has 1 aromatic rings. The predicted molar refractivity (Wildman–Crippen MR) is 106 cm³/mol. The van der Waals surface area contributed by atoms with Crippen LogP contribution in [-0.4, -0.2) is 0 Å². The number of nitriles is 2. The van der Waals surface area contributed by atoms with Crippen molar-refractivity contribution < 1.29 is 0 Å². The second kappa shape index (κ2) is 8.26. The van der Waals surface area contributed by atoms with E-state index < -0.39 is 0 Å². The van der Waals surface area contributed by atoms with Gasteiger partial charge < -0.3 is 0 Å². The lowest BCUT2D eigenvalue weighted by Crippen LogP contribution is -2.40. The molecule has 0 spiro atoms. The standard InChI is InChI=1S/C24H32N2/c1-3-7-19-9-11-20(12-10-19)24(14-5-4-6-15-24)23-13-8-18(2)21(16-25)22(23)17-26/h8,13,19-20H,3-7,9-12,14-15H2,1-2H3. The zero-order valence-electron chi connectivity index (χ0n) is 16.5. The van der Waals surface area contributed by atoms with E-state index in [2.05, 4.69) is 31.2 Å². The molecule has 2 nitrogen and oxygen atoms in total. The van der Waals surface area contributed by atoms with E-state index in [1.165, 1.54) is 76.2 Å². The summed E-state index contributed by atoms with van der Waals surface area (Å²) in [5.74, 6) is 1.58. The highest BCUT2D eigenvalue weighted by atomic mass is 14.5. The van der Waals surface area contributed by atoms with Crippen molar-refractivity contribution in [2.24, 2.45) is 11.8 Å². The van der Waals surface area contributed by atoms with Gasteiger partial charge in [0, 0.05) is 0 Å². The molecule has 2 heteroatoms. The molecule has 2 fully saturated rings. The van der Waals surface area contributed by atoms with Crippen molar-refractivity contribution in [1.82, 2.24) is 0 Å². The van der Waals surface area contributed by atoms with Gasteiger partial charge in [-0.15, -0.1) is 0 Å². The van der Waals surface area contributed by atoms with Crippen molar-refractivity contribution >= 4 is 0 Å². The Balaban J connectivity index is 2.00. The van der Waals surface area contributed by atoms with E-state index in [0.717, 1.165) is 11.5 Å². The molecule has 0 aliphatic heterocycles. The first-order chi connectivity index (χ1) is 12.7. The van der Waals surface area contributed by atoms with E-state index in [1.807, 2.05) is 6.92 Å². The van der Waals surface area contributed by atoms with E-state index >= 15 is 0 Å². The Labute approximate surface area is 159 Å². The predicted octanol–water partition coefficient (Wildman–Crippen LogP) is 6.55. The van der Waals surface area contributed by atoms with Gasteiger partial charge in [0.1, 0.15) is 12.1 Å². The third-order valence-electron chi connectivity index (χ3n) is 7.24. The lowest BCUT2D eigenvalue weighted by atomic mass is 9.56. The summed E-state index contributed by atoms with van der Waals surface area (Å²) in [7, 11) is 0. The number of hydrogen-bond donors (Lipinski definition) is 0. The molecule has 0 heterocycles. The summed E-state index contributed by atoms with van der Waals surface area (Å²) in [6.07, 6.45) is 14.2. The summed E-state index contributed by atoms with van der Waals surface area (Å²) >= 11 is 0. The van der Waals surface area contributed by atoms with E-state index in [0.29, 0.717) is 17.0 Å². The Kier molecular flexibility index (Phi) is 6.03. The minimum Gasteiger partial charge on any atom is -0.192 e. The van der Waals surface area contributed by atoms with Crippen LogP contribution in [0.15, 0.2) is 12.1 Å². The van der Waals surface area contributed by atoms with Crippen LogP contribution < -0.4 is 0 Å². The van der Waals surface area contributed by atoms with Gasteiger partial charge in [-0.1, -0.05) is 64.0 Å². The molecule has 0 radical (unpaired) electrons. The second-order valence-electron chi connectivity index (χ2n) is 8.63. The van der Waals surface area contributed by atoms with Crippen LogP contribution in [0.4, 0.5) is 0 Å². The van der Waals surface area contributed by atoms with Crippen molar-refractivity contribution in [3.05, 3.63) is 34.4 Å². The highest BCUT2D eigenvalue weighted by molar-refractivity contribution is 5.56. The van der Waals surface area contributed by atoms with E-state index in [4.69, 9.17) is 0 Å². The van der Waals surface area contributed by atoms with Crippen LogP contribution in [0.2, 0.25) is 0 Å². The fraction of sp³-hybridized carbons (Fsp3) is 0.667. The Morgan fingerprint density at radius 1 is 0.962 bits per heavy atom. The summed E-state index contributed by atoms with van der Waals surface area (Å²) in [5, 5.41) is 19.5. The van der Waals surface area contributed by atoms with Gasteiger partial charge in [0.05, 0.1) is 11.1 Å². The fourth-order valence-corrected chi connectivity index (χ4v) is 5.87. The highest BCUT2D eigenvalue weighted by Gasteiger charge is 2.44. The smallest absolute Gasteiger partial charge is 0.101 e. The Bertz CT molecular complexity index is 705. The molecule has 26 heavy (non-hydrogen) atoms. The maximum atomic E-state index is 9.91. The summed E-state index contributed by atoms with van der Waals surface area (Å²) < 4.78 is 0. The number of nitrogens with zero attached hydrogens (tertiary/aromatic N) is 2. The molecule has 0 bridgehead atoms. The van der Waals surface area contributed by atoms with E-state index in [9.17, 15) is 10.5 Å². The lowest BCUT2D eigenvalue weighted by molar-refractivity contribution is 0.124. The van der Waals surface area contributed by atoms with Gasteiger partial charge in [0.25, 0.3) is 0 Å². The zero-order chi connectivity index (χ0) is 18.6. The van der Waals surface area contributed by atoms with Gasteiger partial charge in [0.15, 0.2) is 0 Å². The van der Waals surface area contributed by atoms with Crippen LogP contribution in [0.3, 0.4) is 0 Å². The summed E-state index contributed by atoms with van der Waals surface area (Å²) in [4.78, 5) is 0. The number of benzene rings is 1. The molecule has 2 aliphatic rings. The molecule has 0 amide bonds. The molecule has 0 atom stereocenters. The summed E-state index contributed by atoms with van der Waals surface area (Å²) in [6.45, 7) is 4.25. The molecule has 2 aliphatic carbocycles. The van der Waals surface area contributed by atoms with Crippen LogP contribution in [0.5, 0.6) is 0 Å². The zero-order valence-corrected chi connectivity index (χ0v) is 16.5. The molecule has 0 saturated heterocycles. The molecule has 0 unspecified atom stereocenters. The SMILES string of the molecule is CCCC1CCC(C2(c3ccc(C)c(C#N)c3C#N)CCCCC2)CC1. The molecule has 1 aromatic carbocycles. The quantitative estimate of drug-likeness (QED) is 0.619. The van der Waals surface area contributed by atoms with Crippen molar-refractivity contribution in [1.29, 1.82) is 10.5 Å². The number of hydrogen-bond acceptors (Lipinski definition) is 2. The Hall–Kier alpha value is -1.80. The Morgan fingerprint density at radius 3 is 2.19 bits per heavy atom. The maximum absolute atomic E-state index is 9.91. The van der Waals surface area contributed by atoms with Crippen LogP contribution >= 0.6 is 0 Å². The maximum Gasteiger partial charge on any atom is 0.101 e. The monoisotopic (exact) mass is 348 g/mol. The first-order valence-electron chi connectivity index (χ1n) is 10.6. The van der Waals surface area contributed by atoms with Gasteiger partial charge in [-0.2, -0.15) is 10.5 Å². The molecule has 0 N–H and O–H groups in total. The van der Waals surface area contributed by atoms with Crippen LogP contribution in [0, 0.1) is 41.4 Å². The highest BCUT2D eigenvalue weighted by Crippen LogP contribution is 2.52. The van der Waals surface area contributed by atoms with Crippen LogP contribution in [0.1, 0.15) is 99.8 Å². The second-order valence-corrected chi connectivity index (χ2v) is 8.63. The van der Waals surface area contributed by atoms with E-state index in [1.54, 1.807) is 0 Å². The molecule has 138 valence electrons. The molecular weight excluding hydrogens is 316 g/mol. The van der Waals surface area contributed by atoms with Crippen molar-refractivity contribution in [2.45, 2.75) is 89.9 Å². The minimum atomic E-state index is 0.125. The van der Waals surface area contributed by atoms with Crippen molar-refractivity contribution in [3.63, 3.8) is 0 Å². The van der Waals surface area contributed by atoms with E-state index in [-0.39, 0.29) is 5.41 Å². The van der Waals surface area contributed by atoms with Gasteiger partial charge >= 0.3 is 0 Å². The Morgan fingerprint density at radius 2 is 1.62 bits per heavy atom. The third-order valence-corrected chi connectivity index (χ3v) is 7.24. The average Bonchev–Trinajstić information content (AvgIpc) is 2.69. The molecular formula is C24H32N2. The fourth-order valence-electron chi connectivity index (χ4n) is 5.87. The molecule has 2 saturated carbocycles. The first-order valence-corrected chi connectivity index (χ1v) is 10.6. The molecule has 0 aromatic heterocycles. The van der Waals surface area contributed by atoms with Crippen molar-refractivity contribution in [3.8, 4) is 12.1 Å². The normalized spacial score (nSPS) is 25.2. The number of rotatable bonds is 4. The number of aryl methyl sites for hydroxylation is 1. The van der Waals surface area contributed by atoms with Crippen LogP contribution in [-0.2, 0) is 5.41 Å². The first kappa shape index (κ1) is 19.0. The van der Waals surface area contributed by atoms with Gasteiger partial charge in [-0.05, 0) is 61.0 Å². The lowest BCUT2D eigenvalue weighted by Gasteiger charge is -2.47. The van der Waals surface area contributed by atoms with Gasteiger partial charge in [0.2, 0.25) is 0 Å². The average molecular weight is 349 g/mol. The topological polar surface area (TPSA) is 47.6 Å². The molecule has 3 rings (SSSR count). The van der Waals surface area contributed by atoms with Crippen molar-refractivity contribution in [2.75, 3.05) is 0 Å². The summed E-state index contributed by atoms with van der Waals surface area (Å²) in [5.41, 5.74) is 3.53. The van der Waals surface area contributed by atoms with Gasteiger partial charge in [-0.25, -0.2) is 0 Å². The van der Waals surface area contributed by atoms with Crippen LogP contribution in [0.25, 0.3) is 0 Å². The summed E-state index contributed by atoms with van der Waals surface area (Å²) in [6, 6.07) is 9.01. The largest absolute Gasteiger partial charge is 0.192 e. The minimum absolute atomic E-state index is 0.125. The van der Waals surface area contributed by atoms with Gasteiger partial charge in [-0.3, -0.25) is 0 Å². The third kappa shape index (κ3) is 3.40.